The van der Waals surface area contributed by atoms with Gasteiger partial charge in [-0.05, 0) is 43.6 Å². The van der Waals surface area contributed by atoms with E-state index in [4.69, 9.17) is 32.6 Å². The summed E-state index contributed by atoms with van der Waals surface area (Å²) in [6.45, 7) is 29.2. The van der Waals surface area contributed by atoms with Crippen LogP contribution in [0.15, 0.2) is 11.6 Å². The third-order valence-corrected chi connectivity index (χ3v) is 5.23. The van der Waals surface area contributed by atoms with Crippen LogP contribution in [0.2, 0.25) is 0 Å². The average Bonchev–Trinajstić information content (AvgIpc) is 2.98. The van der Waals surface area contributed by atoms with Gasteiger partial charge in [-0.3, -0.25) is 0 Å². The molecule has 0 aliphatic heterocycles. The fourth-order valence-electron chi connectivity index (χ4n) is 4.26. The summed E-state index contributed by atoms with van der Waals surface area (Å²) in [5.41, 5.74) is -0.0631. The summed E-state index contributed by atoms with van der Waals surface area (Å²) < 4.78 is 50.9. The molecule has 0 aromatic rings. The van der Waals surface area contributed by atoms with E-state index in [9.17, 15) is 5.11 Å². The van der Waals surface area contributed by atoms with Crippen LogP contribution < -0.4 is 0 Å². The Kier molecular flexibility index (Phi) is 38.4. The van der Waals surface area contributed by atoms with E-state index in [0.717, 1.165) is 38.5 Å². The van der Waals surface area contributed by atoms with Gasteiger partial charge in [-0.2, -0.15) is 0 Å². The molecule has 3 aliphatic rings. The average molecular weight is 532 g/mol. The molecular formula is C22H22Co2O8. The number of methoxy groups -OCH3 is 1. The summed E-state index contributed by atoms with van der Waals surface area (Å²) in [6, 6.07) is 0. The van der Waals surface area contributed by atoms with Crippen molar-refractivity contribution in [2.45, 2.75) is 56.7 Å². The van der Waals surface area contributed by atoms with Crippen molar-refractivity contribution in [3.63, 3.8) is 0 Å². The molecule has 1 saturated carbocycles. The second-order valence-corrected chi connectivity index (χ2v) is 6.03. The van der Waals surface area contributed by atoms with E-state index in [1.807, 2.05) is 0 Å². The standard InChI is InChI=1S/C16H22O2.6CO.2Co/c1-12-6-3-7-13-8-4-10-15(18-2)11-5-9-14(12)16(13,15)17;6*1-2;;/h9,12-13,17H,4-6,8,10-11H2,1-2H3;;;;;;;;/t12-,13-,15+,16+;;;;;;;;/m1......../s1. The van der Waals surface area contributed by atoms with E-state index in [2.05, 4.69) is 64.7 Å². The van der Waals surface area contributed by atoms with Crippen LogP contribution in [0.25, 0.3) is 0 Å². The molecule has 32 heavy (non-hydrogen) atoms. The third kappa shape index (κ3) is 10.1. The van der Waals surface area contributed by atoms with Gasteiger partial charge in [-0.15, -0.1) is 5.92 Å². The van der Waals surface area contributed by atoms with Crippen LogP contribution in [0.4, 0.5) is 0 Å². The Balaban J connectivity index is -0.000000106. The molecule has 3 aliphatic carbocycles. The molecule has 0 aromatic heterocycles. The van der Waals surface area contributed by atoms with Crippen molar-refractivity contribution in [1.82, 2.24) is 0 Å². The molecule has 0 spiro atoms. The Morgan fingerprint density at radius 3 is 1.84 bits per heavy atom. The second-order valence-electron chi connectivity index (χ2n) is 6.03. The minimum Gasteiger partial charge on any atom is 0 e. The summed E-state index contributed by atoms with van der Waals surface area (Å²) in [7, 11) is 1.76. The minimum absolute atomic E-state index is 0. The molecule has 10 heteroatoms. The molecule has 176 valence electrons. The van der Waals surface area contributed by atoms with Crippen LogP contribution in [-0.4, -0.2) is 23.4 Å². The van der Waals surface area contributed by atoms with Gasteiger partial charge in [0.1, 0.15) is 11.2 Å². The van der Waals surface area contributed by atoms with Gasteiger partial charge < -0.3 is 9.84 Å². The smallest absolute Gasteiger partial charge is 0 e. The molecule has 0 saturated heterocycles. The van der Waals surface area contributed by atoms with E-state index < -0.39 is 11.2 Å². The topological polar surface area (TPSA) is 149 Å². The number of hydrogen-bond donors (Lipinski definition) is 1. The second kappa shape index (κ2) is 27.7. The number of aliphatic hydroxyl groups is 1. The Morgan fingerprint density at radius 2 is 1.41 bits per heavy atom. The van der Waals surface area contributed by atoms with Crippen molar-refractivity contribution in [1.29, 1.82) is 0 Å². The molecule has 0 unspecified atom stereocenters. The van der Waals surface area contributed by atoms with Gasteiger partial charge in [0, 0.05) is 47.1 Å². The van der Waals surface area contributed by atoms with Crippen LogP contribution >= 0.6 is 0 Å². The van der Waals surface area contributed by atoms with E-state index in [-0.39, 0.29) is 39.5 Å². The number of allylic oxidation sites excluding steroid dienone is 1. The third-order valence-electron chi connectivity index (χ3n) is 5.23. The first-order chi connectivity index (χ1) is 14.6. The molecule has 0 bridgehead atoms. The molecule has 0 aromatic carbocycles. The van der Waals surface area contributed by atoms with Crippen molar-refractivity contribution in [3.8, 4) is 11.8 Å². The Bertz CT molecular complexity index is 649. The van der Waals surface area contributed by atoms with Crippen LogP contribution in [0, 0.1) is 63.6 Å². The summed E-state index contributed by atoms with van der Waals surface area (Å²) >= 11 is 0. The Labute approximate surface area is 210 Å². The summed E-state index contributed by atoms with van der Waals surface area (Å²) in [5.74, 6) is 7.00. The largest absolute Gasteiger partial charge is 0 e. The van der Waals surface area contributed by atoms with E-state index in [1.54, 1.807) is 7.11 Å². The maximum atomic E-state index is 11.5. The van der Waals surface area contributed by atoms with Crippen molar-refractivity contribution >= 4 is 0 Å². The predicted octanol–water partition coefficient (Wildman–Crippen LogP) is 2.44. The van der Waals surface area contributed by atoms with Gasteiger partial charge in [-0.1, -0.05) is 18.9 Å². The first kappa shape index (κ1) is 44.4. The van der Waals surface area contributed by atoms with Gasteiger partial charge in [0.05, 0.1) is 5.92 Å². The maximum absolute atomic E-state index is 11.5. The van der Waals surface area contributed by atoms with E-state index in [0.29, 0.717) is 5.92 Å². The summed E-state index contributed by atoms with van der Waals surface area (Å²) in [4.78, 5) is 0. The molecule has 3 rings (SSSR count). The van der Waals surface area contributed by atoms with Crippen molar-refractivity contribution in [2.75, 3.05) is 7.11 Å². The van der Waals surface area contributed by atoms with Gasteiger partial charge in [0.25, 0.3) is 0 Å². The van der Waals surface area contributed by atoms with Crippen molar-refractivity contribution in [2.24, 2.45) is 11.8 Å². The molecule has 8 nitrogen and oxygen atoms in total. The molecule has 0 amide bonds. The van der Waals surface area contributed by atoms with Crippen molar-refractivity contribution in [3.05, 3.63) is 51.6 Å². The molecule has 0 heterocycles. The fraction of sp³-hybridized carbons (Fsp3) is 0.545. The minimum atomic E-state index is -0.846. The SMILES string of the molecule is CO[C@]12CCC=C3[C@H](C)CC#C[C@H](CCC1)[C@]32O.[C-]#[O+].[C-]#[O+].[C-]#[O+].[C-]#[O+].[C-]#[O+].[C-]#[O+].[Co].[Co]. The van der Waals surface area contributed by atoms with Crippen molar-refractivity contribution < 1.29 is 71.3 Å². The zero-order valence-electron chi connectivity index (χ0n) is 17.4. The monoisotopic (exact) mass is 532 g/mol. The van der Waals surface area contributed by atoms with E-state index >= 15 is 0 Å². The maximum Gasteiger partial charge on any atom is 0 e. The molecule has 1 N–H and O–H groups in total. The van der Waals surface area contributed by atoms with Crippen LogP contribution in [0.1, 0.15) is 45.4 Å². The first-order valence-corrected chi connectivity index (χ1v) is 8.33. The zero-order chi connectivity index (χ0) is 24.8. The van der Waals surface area contributed by atoms with E-state index in [1.165, 1.54) is 5.57 Å². The Morgan fingerprint density at radius 1 is 0.938 bits per heavy atom. The number of ether oxygens (including phenoxy) is 1. The summed E-state index contributed by atoms with van der Waals surface area (Å²) in [6.07, 6.45) is 8.12. The Hall–Kier alpha value is -1.33. The van der Waals surface area contributed by atoms with Gasteiger partial charge in [0.2, 0.25) is 0 Å². The molecular weight excluding hydrogens is 510 g/mol. The number of hydrogen-bond acceptors (Lipinski definition) is 2. The first-order valence-electron chi connectivity index (χ1n) is 8.33. The van der Waals surface area contributed by atoms with Crippen LogP contribution in [0.3, 0.4) is 0 Å². The van der Waals surface area contributed by atoms with Gasteiger partial charge in [0.15, 0.2) is 0 Å². The summed E-state index contributed by atoms with van der Waals surface area (Å²) in [5, 5.41) is 11.5. The fourth-order valence-corrected chi connectivity index (χ4v) is 4.26. The predicted molar refractivity (Wildman–Crippen MR) is 94.5 cm³/mol. The zero-order valence-corrected chi connectivity index (χ0v) is 19.5. The van der Waals surface area contributed by atoms with Crippen LogP contribution in [0.5, 0.6) is 0 Å². The van der Waals surface area contributed by atoms with Crippen LogP contribution in [-0.2, 0) is 66.2 Å². The van der Waals surface area contributed by atoms with Gasteiger partial charge >= 0.3 is 67.8 Å². The molecule has 4 atom stereocenters. The quantitative estimate of drug-likeness (QED) is 0.239. The normalized spacial score (nSPS) is 26.4. The van der Waals surface area contributed by atoms with Gasteiger partial charge in [-0.25, -0.2) is 0 Å². The number of rotatable bonds is 1. The molecule has 1 fully saturated rings. The molecule has 2 radical (unpaired) electrons.